The van der Waals surface area contributed by atoms with E-state index in [1.807, 2.05) is 41.8 Å². The van der Waals surface area contributed by atoms with E-state index in [0.29, 0.717) is 11.5 Å². The topological polar surface area (TPSA) is 80.1 Å². The largest absolute Gasteiger partial charge is 0.548 e. The summed E-state index contributed by atoms with van der Waals surface area (Å²) >= 11 is 0. The fraction of sp³-hybridized carbons (Fsp3) is 0.188. The third kappa shape index (κ3) is 2.82. The van der Waals surface area contributed by atoms with Gasteiger partial charge in [0.25, 0.3) is 0 Å². The van der Waals surface area contributed by atoms with Crippen molar-refractivity contribution in [3.8, 4) is 5.69 Å². The Labute approximate surface area is 127 Å². The van der Waals surface area contributed by atoms with Crippen LogP contribution in [0.2, 0.25) is 0 Å². The molecule has 0 aliphatic heterocycles. The summed E-state index contributed by atoms with van der Waals surface area (Å²) in [5.41, 5.74) is 3.49. The van der Waals surface area contributed by atoms with Crippen molar-refractivity contribution in [2.75, 3.05) is 6.61 Å². The number of rotatable bonds is 5. The molecule has 0 amide bonds. The van der Waals surface area contributed by atoms with Crippen molar-refractivity contribution < 1.29 is 14.6 Å². The molecule has 0 N–H and O–H groups in total. The molecule has 0 fully saturated rings. The standard InChI is InChI=1S/C16H15N3O3/c1-11-4-6-12(7-5-11)19-14(9-22-10-15(20)21)18-13-3-2-8-17-16(13)19/h2-8H,9-10H2,1H3,(H,20,21)/p-1. The molecule has 6 heteroatoms. The van der Waals surface area contributed by atoms with Crippen molar-refractivity contribution in [3.63, 3.8) is 0 Å². The quantitative estimate of drug-likeness (QED) is 0.701. The van der Waals surface area contributed by atoms with Crippen LogP contribution in [0.5, 0.6) is 0 Å². The molecule has 0 saturated carbocycles. The fourth-order valence-corrected chi connectivity index (χ4v) is 2.25. The molecule has 0 unspecified atom stereocenters. The normalized spacial score (nSPS) is 11.0. The maximum atomic E-state index is 10.5. The first-order chi connectivity index (χ1) is 10.6. The minimum atomic E-state index is -1.25. The van der Waals surface area contributed by atoms with Crippen LogP contribution in [-0.4, -0.2) is 27.1 Å². The lowest BCUT2D eigenvalue weighted by atomic mass is 10.2. The van der Waals surface area contributed by atoms with Gasteiger partial charge in [-0.15, -0.1) is 0 Å². The highest BCUT2D eigenvalue weighted by molar-refractivity contribution is 5.73. The summed E-state index contributed by atoms with van der Waals surface area (Å²) in [5.74, 6) is -0.657. The molecule has 0 aliphatic rings. The van der Waals surface area contributed by atoms with E-state index in [9.17, 15) is 9.90 Å². The zero-order valence-corrected chi connectivity index (χ0v) is 12.0. The lowest BCUT2D eigenvalue weighted by Gasteiger charge is -2.10. The molecule has 112 valence electrons. The van der Waals surface area contributed by atoms with Crippen molar-refractivity contribution >= 4 is 17.1 Å². The monoisotopic (exact) mass is 296 g/mol. The van der Waals surface area contributed by atoms with Crippen LogP contribution in [0.1, 0.15) is 11.4 Å². The van der Waals surface area contributed by atoms with Gasteiger partial charge in [0.2, 0.25) is 0 Å². The van der Waals surface area contributed by atoms with E-state index in [2.05, 4.69) is 9.97 Å². The molecule has 0 atom stereocenters. The van der Waals surface area contributed by atoms with E-state index in [0.717, 1.165) is 16.8 Å². The summed E-state index contributed by atoms with van der Waals surface area (Å²) in [6.45, 7) is 1.61. The van der Waals surface area contributed by atoms with Gasteiger partial charge < -0.3 is 14.6 Å². The summed E-state index contributed by atoms with van der Waals surface area (Å²) in [7, 11) is 0. The number of benzene rings is 1. The van der Waals surface area contributed by atoms with E-state index in [-0.39, 0.29) is 6.61 Å². The van der Waals surface area contributed by atoms with Gasteiger partial charge in [0.05, 0.1) is 12.6 Å². The molecule has 3 aromatic rings. The predicted octanol–water partition coefficient (Wildman–Crippen LogP) is 0.995. The van der Waals surface area contributed by atoms with Gasteiger partial charge in [-0.25, -0.2) is 9.97 Å². The second-order valence-corrected chi connectivity index (χ2v) is 4.91. The van der Waals surface area contributed by atoms with Crippen molar-refractivity contribution in [1.82, 2.24) is 14.5 Å². The van der Waals surface area contributed by atoms with Crippen molar-refractivity contribution in [3.05, 3.63) is 54.0 Å². The molecular weight excluding hydrogens is 282 g/mol. The molecule has 0 bridgehead atoms. The number of aliphatic carboxylic acids is 1. The van der Waals surface area contributed by atoms with Crippen LogP contribution in [0, 0.1) is 6.92 Å². The number of ether oxygens (including phenoxy) is 1. The zero-order valence-electron chi connectivity index (χ0n) is 12.0. The van der Waals surface area contributed by atoms with Gasteiger partial charge in [-0.2, -0.15) is 0 Å². The van der Waals surface area contributed by atoms with Crippen molar-refractivity contribution in [2.45, 2.75) is 13.5 Å². The van der Waals surface area contributed by atoms with Crippen LogP contribution in [0.3, 0.4) is 0 Å². The molecule has 0 radical (unpaired) electrons. The van der Waals surface area contributed by atoms with Crippen LogP contribution in [0.15, 0.2) is 42.6 Å². The number of hydrogen-bond acceptors (Lipinski definition) is 5. The number of imidazole rings is 1. The number of carboxylic acids is 1. The number of carbonyl (C=O) groups excluding carboxylic acids is 1. The molecule has 2 heterocycles. The Kier molecular flexibility index (Phi) is 3.84. The van der Waals surface area contributed by atoms with Crippen LogP contribution in [0.25, 0.3) is 16.9 Å². The first kappa shape index (κ1) is 14.2. The zero-order chi connectivity index (χ0) is 15.5. The SMILES string of the molecule is Cc1ccc(-n2c(COCC(=O)[O-])nc3cccnc32)cc1. The Balaban J connectivity index is 2.04. The molecule has 0 saturated heterocycles. The summed E-state index contributed by atoms with van der Waals surface area (Å²) in [4.78, 5) is 19.3. The van der Waals surface area contributed by atoms with Crippen molar-refractivity contribution in [1.29, 1.82) is 0 Å². The predicted molar refractivity (Wildman–Crippen MR) is 78.3 cm³/mol. The minimum absolute atomic E-state index is 0.0677. The average molecular weight is 296 g/mol. The third-order valence-corrected chi connectivity index (χ3v) is 3.23. The average Bonchev–Trinajstić information content (AvgIpc) is 2.86. The molecule has 0 spiro atoms. The van der Waals surface area contributed by atoms with Gasteiger partial charge in [-0.05, 0) is 31.2 Å². The van der Waals surface area contributed by atoms with Gasteiger partial charge in [-0.1, -0.05) is 17.7 Å². The Hall–Kier alpha value is -2.73. The maximum Gasteiger partial charge on any atom is 0.164 e. The highest BCUT2D eigenvalue weighted by Crippen LogP contribution is 2.20. The molecule has 22 heavy (non-hydrogen) atoms. The number of fused-ring (bicyclic) bond motifs is 1. The molecule has 3 rings (SSSR count). The van der Waals surface area contributed by atoms with Crippen LogP contribution >= 0.6 is 0 Å². The van der Waals surface area contributed by atoms with Crippen LogP contribution in [-0.2, 0) is 16.1 Å². The van der Waals surface area contributed by atoms with E-state index in [1.165, 1.54) is 0 Å². The number of carboxylic acid groups (broad SMARTS) is 1. The Morgan fingerprint density at radius 2 is 2.05 bits per heavy atom. The Bertz CT molecular complexity index is 809. The smallest absolute Gasteiger partial charge is 0.164 e. The van der Waals surface area contributed by atoms with Gasteiger partial charge >= 0.3 is 0 Å². The van der Waals surface area contributed by atoms with E-state index < -0.39 is 12.6 Å². The number of aromatic nitrogens is 3. The number of carbonyl (C=O) groups is 1. The molecular formula is C16H14N3O3-. The van der Waals surface area contributed by atoms with Crippen molar-refractivity contribution in [2.24, 2.45) is 0 Å². The van der Waals surface area contributed by atoms with Gasteiger partial charge in [-0.3, -0.25) is 4.57 Å². The highest BCUT2D eigenvalue weighted by atomic mass is 16.5. The van der Waals surface area contributed by atoms with E-state index >= 15 is 0 Å². The molecule has 2 aromatic heterocycles. The second-order valence-electron chi connectivity index (χ2n) is 4.91. The minimum Gasteiger partial charge on any atom is -0.548 e. The number of nitrogens with zero attached hydrogens (tertiary/aromatic N) is 3. The summed E-state index contributed by atoms with van der Waals surface area (Å²) in [6.07, 6.45) is 1.69. The molecule has 0 aliphatic carbocycles. The van der Waals surface area contributed by atoms with E-state index in [1.54, 1.807) is 12.3 Å². The summed E-state index contributed by atoms with van der Waals surface area (Å²) in [6, 6.07) is 11.6. The number of hydrogen-bond donors (Lipinski definition) is 0. The first-order valence-corrected chi connectivity index (χ1v) is 6.82. The number of pyridine rings is 1. The van der Waals surface area contributed by atoms with Crippen LogP contribution < -0.4 is 5.11 Å². The van der Waals surface area contributed by atoms with Gasteiger partial charge in [0, 0.05) is 11.9 Å². The Morgan fingerprint density at radius 3 is 2.77 bits per heavy atom. The fourth-order valence-electron chi connectivity index (χ4n) is 2.25. The molecule has 1 aromatic carbocycles. The maximum absolute atomic E-state index is 10.5. The van der Waals surface area contributed by atoms with Gasteiger partial charge in [0.15, 0.2) is 5.65 Å². The number of aryl methyl sites for hydroxylation is 1. The van der Waals surface area contributed by atoms with Crippen LogP contribution in [0.4, 0.5) is 0 Å². The lowest BCUT2D eigenvalue weighted by molar-refractivity contribution is -0.309. The van der Waals surface area contributed by atoms with Gasteiger partial charge in [0.1, 0.15) is 17.9 Å². The summed E-state index contributed by atoms with van der Waals surface area (Å²) < 4.78 is 6.99. The van der Waals surface area contributed by atoms with E-state index in [4.69, 9.17) is 4.74 Å². The summed E-state index contributed by atoms with van der Waals surface area (Å²) in [5, 5.41) is 10.5. The second kappa shape index (κ2) is 5.95. The Morgan fingerprint density at radius 1 is 1.27 bits per heavy atom. The third-order valence-electron chi connectivity index (χ3n) is 3.23. The highest BCUT2D eigenvalue weighted by Gasteiger charge is 2.13. The molecule has 6 nitrogen and oxygen atoms in total. The lowest BCUT2D eigenvalue weighted by Crippen LogP contribution is -2.27. The first-order valence-electron chi connectivity index (χ1n) is 6.82.